The molecule has 0 aromatic carbocycles. The Morgan fingerprint density at radius 1 is 1.29 bits per heavy atom. The normalized spacial score (nSPS) is 3.43. The quantitative estimate of drug-likeness (QED) is 0.302. The van der Waals surface area contributed by atoms with Crippen LogP contribution in [-0.2, 0) is 0 Å². The molecular weight excluding hydrogens is 125 g/mol. The van der Waals surface area contributed by atoms with Gasteiger partial charge in [0.25, 0.3) is 0 Å². The van der Waals surface area contributed by atoms with Crippen molar-refractivity contribution in [3.05, 3.63) is 0 Å². The number of carboxylic acid groups (broad SMARTS) is 2. The molecule has 0 radical (unpaired) electrons. The summed E-state index contributed by atoms with van der Waals surface area (Å²) in [6.07, 6.45) is -2.33. The zero-order chi connectivity index (χ0) is 3.58. The maximum Gasteiger partial charge on any atom is 1.00 e. The molecule has 0 amide bonds. The molecule has 32 valence electrons. The predicted molar refractivity (Wildman–Crippen MR) is 5.40 cm³/mol. The molecule has 7 heavy (non-hydrogen) atoms. The molecule has 0 saturated carbocycles. The van der Waals surface area contributed by atoms with Gasteiger partial charge in [-0.05, 0) is 6.16 Å². The average molecular weight is 125 g/mol. The topological polar surface area (TPSA) is 63.2 Å². The van der Waals surface area contributed by atoms with Crippen molar-refractivity contribution < 1.29 is 75.8 Å². The van der Waals surface area contributed by atoms with E-state index in [-0.39, 0.29) is 60.8 Å². The van der Waals surface area contributed by atoms with Crippen LogP contribution < -0.4 is 71.0 Å². The Balaban J connectivity index is -0.0000000150. The molecule has 0 N–H and O–H groups in total. The second-order valence-corrected chi connectivity index (χ2v) is 0.250. The molecule has 0 heterocycles. The number of carbonyl (C=O) groups excluding carboxylic acids is 1. The Morgan fingerprint density at radius 3 is 1.29 bits per heavy atom. The first-order chi connectivity index (χ1) is 1.73. The van der Waals surface area contributed by atoms with E-state index in [2.05, 4.69) is 0 Å². The van der Waals surface area contributed by atoms with Crippen LogP contribution in [-0.4, -0.2) is 6.16 Å². The summed E-state index contributed by atoms with van der Waals surface area (Å²) in [5.41, 5.74) is 0. The minimum Gasteiger partial charge on any atom is -1.00 e. The molecule has 0 atom stereocenters. The molecule has 0 aromatic rings. The van der Waals surface area contributed by atoms with Gasteiger partial charge in [0.1, 0.15) is 0 Å². The Kier molecular flexibility index (Phi) is 54.2. The third kappa shape index (κ3) is 142. The Bertz CT molecular complexity index is 37.9. The average Bonchev–Trinajstić information content (AvgIpc) is 0.811. The van der Waals surface area contributed by atoms with E-state index >= 15 is 0 Å². The van der Waals surface area contributed by atoms with Gasteiger partial charge in [-0.2, -0.15) is 0 Å². The fourth-order valence-corrected chi connectivity index (χ4v) is 0. The van der Waals surface area contributed by atoms with Crippen molar-refractivity contribution in [2.24, 2.45) is 0 Å². The number of carbonyl (C=O) groups is 1. The predicted octanol–water partition coefficient (Wildman–Crippen LogP) is -11.4. The van der Waals surface area contributed by atoms with Gasteiger partial charge in [0, 0.05) is 0 Å². The van der Waals surface area contributed by atoms with E-state index in [4.69, 9.17) is 15.0 Å². The first-order valence-electron chi connectivity index (χ1n) is 0.612. The summed E-state index contributed by atoms with van der Waals surface area (Å²) in [4.78, 5) is 8.33. The number of hydrogen-bond acceptors (Lipinski definition) is 3. The Morgan fingerprint density at radius 2 is 1.29 bits per heavy atom. The van der Waals surface area contributed by atoms with Gasteiger partial charge in [-0.1, -0.05) is 0 Å². The minimum absolute atomic E-state index is 0. The number of hydrogen-bond donors (Lipinski definition) is 0. The van der Waals surface area contributed by atoms with E-state index < -0.39 is 6.16 Å². The van der Waals surface area contributed by atoms with Crippen LogP contribution in [0.25, 0.3) is 0 Å². The molecule has 0 rings (SSSR count). The van der Waals surface area contributed by atoms with E-state index in [9.17, 15) is 0 Å². The van der Waals surface area contributed by atoms with Crippen molar-refractivity contribution >= 4 is 6.16 Å². The molecule has 0 fully saturated rings. The zero-order valence-electron chi connectivity index (χ0n) is 4.10. The molecule has 0 spiro atoms. The second kappa shape index (κ2) is 15.7. The molecule has 0 saturated heterocycles. The molecule has 0 bridgehead atoms. The van der Waals surface area contributed by atoms with Crippen LogP contribution in [0, 0.1) is 0 Å². The van der Waals surface area contributed by atoms with E-state index in [1.165, 1.54) is 0 Å². The largest absolute Gasteiger partial charge is 1.00 e. The van der Waals surface area contributed by atoms with E-state index in [0.717, 1.165) is 0 Å². The van der Waals surface area contributed by atoms with Gasteiger partial charge < -0.3 is 27.4 Å². The van der Waals surface area contributed by atoms with Crippen LogP contribution >= 0.6 is 0 Å². The van der Waals surface area contributed by atoms with Crippen LogP contribution in [0.3, 0.4) is 0 Å². The maximum absolute atomic E-state index is 8.33. The Hall–Kier alpha value is 1.16. The Labute approximate surface area is 81.4 Å². The molecule has 0 aliphatic heterocycles. The smallest absolute Gasteiger partial charge is 1.00 e. The molecule has 0 aromatic heterocycles. The van der Waals surface area contributed by atoms with Crippen LogP contribution in [0.2, 0.25) is 0 Å². The summed E-state index contributed by atoms with van der Waals surface area (Å²) < 4.78 is 0. The third-order valence-corrected chi connectivity index (χ3v) is 0. The van der Waals surface area contributed by atoms with Gasteiger partial charge in [0.15, 0.2) is 0 Å². The molecule has 0 aliphatic rings. The van der Waals surface area contributed by atoms with Crippen molar-refractivity contribution in [3.63, 3.8) is 0 Å². The van der Waals surface area contributed by atoms with Crippen molar-refractivity contribution in [3.8, 4) is 0 Å². The maximum atomic E-state index is 8.33. The van der Waals surface area contributed by atoms with Gasteiger partial charge in [0.2, 0.25) is 0 Å². The standard InChI is InChI=1S/CH2O3.ClH.Li.Na/c2-1(3)4;;;/h(H2,2,3,4);1H;;/q;;2*+1/p-3. The number of halogens is 1. The van der Waals surface area contributed by atoms with Gasteiger partial charge in [-0.3, -0.25) is 0 Å². The number of rotatable bonds is 0. The van der Waals surface area contributed by atoms with E-state index in [0.29, 0.717) is 0 Å². The molecule has 0 unspecified atom stereocenters. The van der Waals surface area contributed by atoms with Gasteiger partial charge in [-0.15, -0.1) is 0 Å². The monoisotopic (exact) mass is 125 g/mol. The van der Waals surface area contributed by atoms with Crippen molar-refractivity contribution in [1.29, 1.82) is 0 Å². The summed E-state index contributed by atoms with van der Waals surface area (Å²) in [6.45, 7) is 0. The summed E-state index contributed by atoms with van der Waals surface area (Å²) in [6, 6.07) is 0. The summed E-state index contributed by atoms with van der Waals surface area (Å²) in [5, 5.41) is 16.7. The molecular formula is CClLiNaO3-. The first kappa shape index (κ1) is 24.2. The fraction of sp³-hybridized carbons (Fsp3) is 0. The SMILES string of the molecule is O=C([O-])[O-].[Cl-].[Li+].[Na+]. The van der Waals surface area contributed by atoms with Crippen LogP contribution in [0.5, 0.6) is 0 Å². The van der Waals surface area contributed by atoms with Crippen LogP contribution in [0.4, 0.5) is 4.79 Å². The summed E-state index contributed by atoms with van der Waals surface area (Å²) >= 11 is 0. The first-order valence-corrected chi connectivity index (χ1v) is 0.612. The van der Waals surface area contributed by atoms with Crippen LogP contribution in [0.15, 0.2) is 0 Å². The molecule has 0 aliphatic carbocycles. The summed E-state index contributed by atoms with van der Waals surface area (Å²) in [7, 11) is 0. The van der Waals surface area contributed by atoms with Crippen LogP contribution in [0.1, 0.15) is 0 Å². The van der Waals surface area contributed by atoms with Crippen molar-refractivity contribution in [2.75, 3.05) is 0 Å². The second-order valence-electron chi connectivity index (χ2n) is 0.250. The van der Waals surface area contributed by atoms with Gasteiger partial charge >= 0.3 is 48.4 Å². The minimum atomic E-state index is -2.33. The van der Waals surface area contributed by atoms with Crippen molar-refractivity contribution in [1.82, 2.24) is 0 Å². The molecule has 3 nitrogen and oxygen atoms in total. The van der Waals surface area contributed by atoms with E-state index in [1.54, 1.807) is 0 Å². The zero-order valence-corrected chi connectivity index (χ0v) is 6.86. The molecule has 6 heteroatoms. The third-order valence-electron chi connectivity index (χ3n) is 0. The summed E-state index contributed by atoms with van der Waals surface area (Å²) in [5.74, 6) is 0. The van der Waals surface area contributed by atoms with Gasteiger partial charge in [0.05, 0.1) is 0 Å². The van der Waals surface area contributed by atoms with Crippen molar-refractivity contribution in [2.45, 2.75) is 0 Å². The fourth-order valence-electron chi connectivity index (χ4n) is 0. The van der Waals surface area contributed by atoms with E-state index in [1.807, 2.05) is 0 Å². The van der Waals surface area contributed by atoms with Gasteiger partial charge in [-0.25, -0.2) is 0 Å².